The van der Waals surface area contributed by atoms with Crippen LogP contribution in [0.5, 0.6) is 0 Å². The maximum Gasteiger partial charge on any atom is 0.0991 e. The molecule has 0 amide bonds. The van der Waals surface area contributed by atoms with Crippen LogP contribution < -0.4 is 10.6 Å². The van der Waals surface area contributed by atoms with E-state index in [4.69, 9.17) is 5.26 Å². The van der Waals surface area contributed by atoms with Gasteiger partial charge in [-0.2, -0.15) is 5.26 Å². The molecule has 1 heterocycles. The smallest absolute Gasteiger partial charge is 0.0991 e. The van der Waals surface area contributed by atoms with E-state index in [1.54, 1.807) is 0 Å². The third-order valence-corrected chi connectivity index (χ3v) is 3.09. The third-order valence-electron chi connectivity index (χ3n) is 3.09. The molecule has 0 bridgehead atoms. The summed E-state index contributed by atoms with van der Waals surface area (Å²) >= 11 is 0. The Morgan fingerprint density at radius 2 is 2.36 bits per heavy atom. The third kappa shape index (κ3) is 0.927. The zero-order valence-corrected chi connectivity index (χ0v) is 7.83. The summed E-state index contributed by atoms with van der Waals surface area (Å²) in [7, 11) is 0. The van der Waals surface area contributed by atoms with Crippen molar-refractivity contribution in [2.45, 2.75) is 25.3 Å². The largest absolute Gasteiger partial charge is 0.277 e. The lowest BCUT2D eigenvalue weighted by atomic mass is 10.1. The average molecular weight is 182 g/mol. The predicted molar refractivity (Wildman–Crippen MR) is 53.0 cm³/mol. The van der Waals surface area contributed by atoms with E-state index in [0.717, 1.165) is 17.3 Å². The Labute approximate surface area is 82.2 Å². The molecule has 1 aromatic rings. The van der Waals surface area contributed by atoms with Crippen LogP contribution in [0.15, 0.2) is 23.2 Å². The van der Waals surface area contributed by atoms with Gasteiger partial charge in [-0.15, -0.1) is 0 Å². The fourth-order valence-corrected chi connectivity index (χ4v) is 2.43. The van der Waals surface area contributed by atoms with Crippen LogP contribution in [0.25, 0.3) is 5.57 Å². The number of hydrogen-bond acceptors (Lipinski definition) is 2. The number of benzene rings is 1. The van der Waals surface area contributed by atoms with Crippen molar-refractivity contribution in [1.82, 2.24) is 0 Å². The summed E-state index contributed by atoms with van der Waals surface area (Å²) in [6, 6.07) is 8.42. The number of nitrogens with zero attached hydrogens (tertiary/aromatic N) is 2. The number of hydrogen-bond donors (Lipinski definition) is 0. The van der Waals surface area contributed by atoms with Crippen LogP contribution in [-0.4, -0.2) is 6.04 Å². The first-order chi connectivity index (χ1) is 6.88. The quantitative estimate of drug-likeness (QED) is 0.587. The summed E-state index contributed by atoms with van der Waals surface area (Å²) in [5, 5.41) is 11.1. The molecular formula is C12H10N2. The van der Waals surface area contributed by atoms with E-state index in [0.29, 0.717) is 6.04 Å². The molecular weight excluding hydrogens is 172 g/mol. The Bertz CT molecular complexity index is 549. The van der Waals surface area contributed by atoms with Crippen molar-refractivity contribution < 1.29 is 0 Å². The first-order valence-electron chi connectivity index (χ1n) is 4.99. The van der Waals surface area contributed by atoms with Crippen molar-refractivity contribution in [3.05, 3.63) is 34.3 Å². The molecule has 0 N–H and O–H groups in total. The first-order valence-corrected chi connectivity index (χ1v) is 4.99. The van der Waals surface area contributed by atoms with E-state index < -0.39 is 0 Å². The monoisotopic (exact) mass is 182 g/mol. The minimum atomic E-state index is 0.430. The normalized spacial score (nSPS) is 22.5. The highest BCUT2D eigenvalue weighted by molar-refractivity contribution is 5.56. The van der Waals surface area contributed by atoms with Gasteiger partial charge in [0.15, 0.2) is 0 Å². The molecule has 1 saturated carbocycles. The van der Waals surface area contributed by atoms with Gasteiger partial charge in [0, 0.05) is 5.22 Å². The van der Waals surface area contributed by atoms with Gasteiger partial charge in [-0.3, -0.25) is 4.99 Å². The molecule has 1 unspecified atom stereocenters. The summed E-state index contributed by atoms with van der Waals surface area (Å²) in [5.41, 5.74) is 2.20. The average Bonchev–Trinajstić information content (AvgIpc) is 2.76. The van der Waals surface area contributed by atoms with Crippen LogP contribution >= 0.6 is 0 Å². The van der Waals surface area contributed by atoms with Crippen LogP contribution in [0.2, 0.25) is 0 Å². The number of nitriles is 1. The lowest BCUT2D eigenvalue weighted by molar-refractivity contribution is 0.777. The summed E-state index contributed by atoms with van der Waals surface area (Å²) in [6.07, 6.45) is 3.60. The Morgan fingerprint density at radius 3 is 3.21 bits per heavy atom. The molecule has 1 fully saturated rings. The maximum absolute atomic E-state index is 8.82. The number of fused-ring (bicyclic) bond motifs is 2. The Balaban J connectivity index is 2.36. The Kier molecular flexibility index (Phi) is 1.49. The van der Waals surface area contributed by atoms with Crippen molar-refractivity contribution >= 4 is 5.57 Å². The highest BCUT2D eigenvalue weighted by atomic mass is 14.8. The van der Waals surface area contributed by atoms with Crippen molar-refractivity contribution in [2.75, 3.05) is 0 Å². The predicted octanol–water partition coefficient (Wildman–Crippen LogP) is 0.895. The van der Waals surface area contributed by atoms with Gasteiger partial charge in [-0.05, 0) is 43.0 Å². The van der Waals surface area contributed by atoms with Gasteiger partial charge in [-0.25, -0.2) is 0 Å². The second-order valence-electron chi connectivity index (χ2n) is 3.91. The second-order valence-corrected chi connectivity index (χ2v) is 3.91. The van der Waals surface area contributed by atoms with Crippen LogP contribution in [0.4, 0.5) is 0 Å². The highest BCUT2D eigenvalue weighted by Crippen LogP contribution is 2.28. The van der Waals surface area contributed by atoms with Crippen LogP contribution in [-0.2, 0) is 0 Å². The summed E-state index contributed by atoms with van der Waals surface area (Å²) in [5.74, 6) is 0. The zero-order valence-electron chi connectivity index (χ0n) is 7.83. The van der Waals surface area contributed by atoms with Gasteiger partial charge in [-0.1, -0.05) is 0 Å². The summed E-state index contributed by atoms with van der Waals surface area (Å²) < 4.78 is 0. The maximum atomic E-state index is 8.82. The molecule has 1 atom stereocenters. The van der Waals surface area contributed by atoms with Crippen molar-refractivity contribution in [2.24, 2.45) is 4.99 Å². The molecule has 0 radical (unpaired) electrons. The van der Waals surface area contributed by atoms with E-state index in [1.165, 1.54) is 23.6 Å². The summed E-state index contributed by atoms with van der Waals surface area (Å²) in [4.78, 5) is 4.64. The molecule has 14 heavy (non-hydrogen) atoms. The molecule has 3 rings (SSSR count). The SMILES string of the molecule is N#Cc1ccc2c(c1)=C1CCCC1N=2. The minimum absolute atomic E-state index is 0.430. The first kappa shape index (κ1) is 7.75. The van der Waals surface area contributed by atoms with Crippen molar-refractivity contribution in [1.29, 1.82) is 5.26 Å². The van der Waals surface area contributed by atoms with Gasteiger partial charge in [0.2, 0.25) is 0 Å². The van der Waals surface area contributed by atoms with Gasteiger partial charge >= 0.3 is 0 Å². The Hall–Kier alpha value is -1.62. The fourth-order valence-electron chi connectivity index (χ4n) is 2.43. The molecule has 1 aromatic carbocycles. The Morgan fingerprint density at radius 1 is 1.43 bits per heavy atom. The molecule has 0 aromatic heterocycles. The van der Waals surface area contributed by atoms with E-state index in [9.17, 15) is 0 Å². The topological polar surface area (TPSA) is 36.1 Å². The highest BCUT2D eigenvalue weighted by Gasteiger charge is 2.24. The van der Waals surface area contributed by atoms with Gasteiger partial charge in [0.05, 0.1) is 23.0 Å². The molecule has 2 aliphatic rings. The van der Waals surface area contributed by atoms with Crippen LogP contribution in [0.1, 0.15) is 24.8 Å². The zero-order chi connectivity index (χ0) is 9.54. The lowest BCUT2D eigenvalue weighted by Gasteiger charge is -1.97. The van der Waals surface area contributed by atoms with Crippen molar-refractivity contribution in [3.8, 4) is 6.07 Å². The van der Waals surface area contributed by atoms with Gasteiger partial charge in [0.25, 0.3) is 0 Å². The second kappa shape index (κ2) is 2.68. The van der Waals surface area contributed by atoms with E-state index in [-0.39, 0.29) is 0 Å². The minimum Gasteiger partial charge on any atom is -0.277 e. The van der Waals surface area contributed by atoms with E-state index in [2.05, 4.69) is 11.1 Å². The van der Waals surface area contributed by atoms with Gasteiger partial charge < -0.3 is 0 Å². The van der Waals surface area contributed by atoms with Crippen LogP contribution in [0.3, 0.4) is 0 Å². The van der Waals surface area contributed by atoms with E-state index in [1.807, 2.05) is 18.2 Å². The lowest BCUT2D eigenvalue weighted by Crippen LogP contribution is -2.22. The molecule has 0 saturated heterocycles. The van der Waals surface area contributed by atoms with E-state index >= 15 is 0 Å². The number of rotatable bonds is 0. The van der Waals surface area contributed by atoms with Crippen molar-refractivity contribution in [3.63, 3.8) is 0 Å². The molecule has 1 aliphatic heterocycles. The molecule has 68 valence electrons. The molecule has 2 nitrogen and oxygen atoms in total. The molecule has 2 heteroatoms. The molecule has 0 spiro atoms. The standard InChI is InChI=1S/C12H10N2/c13-7-8-4-5-12-10(6-8)9-2-1-3-11(9)14-12/h4-6,11H,1-3H2. The van der Waals surface area contributed by atoms with Crippen LogP contribution in [0, 0.1) is 11.3 Å². The van der Waals surface area contributed by atoms with Gasteiger partial charge in [0.1, 0.15) is 0 Å². The fraction of sp³-hybridized carbons (Fsp3) is 0.333. The summed E-state index contributed by atoms with van der Waals surface area (Å²) in [6.45, 7) is 0. The molecule has 1 aliphatic carbocycles.